The van der Waals surface area contributed by atoms with E-state index < -0.39 is 6.10 Å². The molecule has 0 fully saturated rings. The Labute approximate surface area is 402 Å². The normalized spacial score (nSPS) is 12.6. The number of carbonyl (C=O) groups is 3. The molecular weight excluding hydrogens is 805 g/mol. The van der Waals surface area contributed by atoms with Gasteiger partial charge in [-0.3, -0.25) is 14.4 Å². The van der Waals surface area contributed by atoms with E-state index in [0.717, 1.165) is 109 Å². The molecule has 0 N–H and O–H groups in total. The second-order valence-electron chi connectivity index (χ2n) is 18.1. The molecule has 0 rings (SSSR count). The molecule has 6 nitrogen and oxygen atoms in total. The van der Waals surface area contributed by atoms with Crippen molar-refractivity contribution in [3.63, 3.8) is 0 Å². The fourth-order valence-electron chi connectivity index (χ4n) is 7.58. The first-order chi connectivity index (χ1) is 32.0. The number of hydrogen-bond donors (Lipinski definition) is 0. The van der Waals surface area contributed by atoms with Crippen LogP contribution in [0.3, 0.4) is 0 Å². The zero-order chi connectivity index (χ0) is 47.2. The van der Waals surface area contributed by atoms with Gasteiger partial charge < -0.3 is 14.2 Å². The van der Waals surface area contributed by atoms with Crippen LogP contribution in [-0.4, -0.2) is 37.2 Å². The quantitative estimate of drug-likeness (QED) is 0.0262. The first kappa shape index (κ1) is 61.9. The van der Waals surface area contributed by atoms with Gasteiger partial charge in [0.2, 0.25) is 0 Å². The second kappa shape index (κ2) is 53.5. The molecule has 0 aliphatic rings. The fraction of sp³-hybridized carbons (Fsp3) is 0.746. The maximum Gasteiger partial charge on any atom is 0.306 e. The van der Waals surface area contributed by atoms with Gasteiger partial charge in [0.25, 0.3) is 0 Å². The van der Waals surface area contributed by atoms with Gasteiger partial charge in [-0.25, -0.2) is 0 Å². The van der Waals surface area contributed by atoms with E-state index in [0.29, 0.717) is 19.3 Å². The summed E-state index contributed by atoms with van der Waals surface area (Å²) in [5.41, 5.74) is 0. The van der Waals surface area contributed by atoms with E-state index in [4.69, 9.17) is 14.2 Å². The minimum absolute atomic E-state index is 0.0875. The van der Waals surface area contributed by atoms with E-state index in [2.05, 4.69) is 93.7 Å². The van der Waals surface area contributed by atoms with Crippen LogP contribution in [0.5, 0.6) is 0 Å². The molecule has 0 aromatic rings. The first-order valence-corrected chi connectivity index (χ1v) is 27.4. The van der Waals surface area contributed by atoms with E-state index in [1.165, 1.54) is 116 Å². The number of allylic oxidation sites excluding steroid dienone is 12. The third-order valence-electron chi connectivity index (χ3n) is 11.7. The number of ether oxygens (including phenoxy) is 3. The molecule has 0 aliphatic carbocycles. The maximum atomic E-state index is 12.8. The van der Waals surface area contributed by atoms with E-state index in [-0.39, 0.29) is 31.1 Å². The lowest BCUT2D eigenvalue weighted by atomic mass is 10.0. The first-order valence-electron chi connectivity index (χ1n) is 27.4. The van der Waals surface area contributed by atoms with Gasteiger partial charge in [-0.1, -0.05) is 229 Å². The Morgan fingerprint density at radius 1 is 0.323 bits per heavy atom. The van der Waals surface area contributed by atoms with Crippen LogP contribution in [0.4, 0.5) is 0 Å². The molecule has 0 heterocycles. The molecule has 374 valence electrons. The molecule has 0 aromatic heterocycles. The van der Waals surface area contributed by atoms with E-state index in [1.54, 1.807) is 0 Å². The van der Waals surface area contributed by atoms with Crippen molar-refractivity contribution in [2.75, 3.05) is 13.2 Å². The van der Waals surface area contributed by atoms with Crippen molar-refractivity contribution in [2.45, 2.75) is 271 Å². The highest BCUT2D eigenvalue weighted by Crippen LogP contribution is 2.15. The van der Waals surface area contributed by atoms with Gasteiger partial charge in [-0.15, -0.1) is 0 Å². The summed E-state index contributed by atoms with van der Waals surface area (Å²) in [6, 6.07) is 0. The molecular formula is C59H102O6. The topological polar surface area (TPSA) is 78.9 Å². The molecule has 0 aliphatic heterocycles. The Bertz CT molecular complexity index is 1230. The highest BCUT2D eigenvalue weighted by molar-refractivity contribution is 5.71. The standard InChI is InChI=1S/C59H102O6/c1-4-7-10-13-16-19-22-25-27-29-30-31-33-34-37-40-43-46-49-52-58(61)64-55-56(54-63-57(60)51-48-45-42-39-36-24-21-18-15-12-9-6-3)65-59(62)53-50-47-44-41-38-35-32-28-26-23-20-17-14-11-8-5-2/h7,10,16,19,25,27-28,30-32,34,37,56H,4-6,8-9,11-15,17-18,20-24,26,29,33,35-36,38-55H2,1-3H3/b10-7-,19-16-,27-25-,31-30-,32-28-,37-34-. The molecule has 0 amide bonds. The molecule has 0 aromatic carbocycles. The average molecular weight is 907 g/mol. The summed E-state index contributed by atoms with van der Waals surface area (Å²) >= 11 is 0. The smallest absolute Gasteiger partial charge is 0.306 e. The molecule has 65 heavy (non-hydrogen) atoms. The van der Waals surface area contributed by atoms with Crippen LogP contribution in [0.2, 0.25) is 0 Å². The van der Waals surface area contributed by atoms with Crippen molar-refractivity contribution >= 4 is 17.9 Å². The van der Waals surface area contributed by atoms with Crippen LogP contribution >= 0.6 is 0 Å². The van der Waals surface area contributed by atoms with Gasteiger partial charge in [-0.05, 0) is 89.9 Å². The average Bonchev–Trinajstić information content (AvgIpc) is 3.30. The van der Waals surface area contributed by atoms with Gasteiger partial charge in [0, 0.05) is 19.3 Å². The Morgan fingerprint density at radius 3 is 0.969 bits per heavy atom. The van der Waals surface area contributed by atoms with E-state index in [9.17, 15) is 14.4 Å². The van der Waals surface area contributed by atoms with Gasteiger partial charge in [0.15, 0.2) is 6.10 Å². The van der Waals surface area contributed by atoms with Crippen LogP contribution in [0.15, 0.2) is 72.9 Å². The highest BCUT2D eigenvalue weighted by atomic mass is 16.6. The van der Waals surface area contributed by atoms with Crippen LogP contribution in [-0.2, 0) is 28.6 Å². The minimum atomic E-state index is -0.791. The lowest BCUT2D eigenvalue weighted by Crippen LogP contribution is -2.30. The van der Waals surface area contributed by atoms with Crippen molar-refractivity contribution in [3.8, 4) is 0 Å². The maximum absolute atomic E-state index is 12.8. The number of hydrogen-bond acceptors (Lipinski definition) is 6. The molecule has 0 spiro atoms. The Hall–Kier alpha value is -3.15. The Balaban J connectivity index is 4.43. The lowest BCUT2D eigenvalue weighted by Gasteiger charge is -2.18. The summed E-state index contributed by atoms with van der Waals surface area (Å²) in [6.07, 6.45) is 67.4. The summed E-state index contributed by atoms with van der Waals surface area (Å²) in [7, 11) is 0. The SMILES string of the molecule is CC/C=C\C/C=C\C/C=C\C/C=C\C/C=C\CCCCCC(=O)OCC(COC(=O)CCCCCCCCCCCCCC)OC(=O)CCCCCCC/C=C\CCCCCCCCC. The summed E-state index contributed by atoms with van der Waals surface area (Å²) in [4.78, 5) is 38.0. The summed E-state index contributed by atoms with van der Waals surface area (Å²) < 4.78 is 16.8. The highest BCUT2D eigenvalue weighted by Gasteiger charge is 2.19. The number of carbonyl (C=O) groups excluding carboxylic acids is 3. The van der Waals surface area contributed by atoms with Gasteiger partial charge in [0.05, 0.1) is 0 Å². The Kier molecular flexibility index (Phi) is 50.9. The van der Waals surface area contributed by atoms with Crippen molar-refractivity contribution in [3.05, 3.63) is 72.9 Å². The predicted octanol–water partition coefficient (Wildman–Crippen LogP) is 18.2. The van der Waals surface area contributed by atoms with Gasteiger partial charge in [-0.2, -0.15) is 0 Å². The van der Waals surface area contributed by atoms with Gasteiger partial charge >= 0.3 is 17.9 Å². The van der Waals surface area contributed by atoms with Crippen molar-refractivity contribution < 1.29 is 28.6 Å². The van der Waals surface area contributed by atoms with Crippen molar-refractivity contribution in [1.29, 1.82) is 0 Å². The number of rotatable bonds is 49. The summed E-state index contributed by atoms with van der Waals surface area (Å²) in [6.45, 7) is 6.50. The monoisotopic (exact) mass is 907 g/mol. The van der Waals surface area contributed by atoms with Gasteiger partial charge in [0.1, 0.15) is 13.2 Å². The summed E-state index contributed by atoms with van der Waals surface area (Å²) in [5, 5.41) is 0. The predicted molar refractivity (Wildman–Crippen MR) is 279 cm³/mol. The zero-order valence-electron chi connectivity index (χ0n) is 42.7. The van der Waals surface area contributed by atoms with Crippen molar-refractivity contribution in [2.24, 2.45) is 0 Å². The lowest BCUT2D eigenvalue weighted by molar-refractivity contribution is -0.167. The summed E-state index contributed by atoms with van der Waals surface area (Å²) in [5.74, 6) is -0.924. The van der Waals surface area contributed by atoms with E-state index in [1.807, 2.05) is 0 Å². The third kappa shape index (κ3) is 51.7. The third-order valence-corrected chi connectivity index (χ3v) is 11.7. The molecule has 0 saturated heterocycles. The molecule has 1 atom stereocenters. The van der Waals surface area contributed by atoms with Crippen LogP contribution in [0.25, 0.3) is 0 Å². The van der Waals surface area contributed by atoms with Crippen molar-refractivity contribution in [1.82, 2.24) is 0 Å². The largest absolute Gasteiger partial charge is 0.462 e. The molecule has 0 radical (unpaired) electrons. The van der Waals surface area contributed by atoms with Crippen LogP contribution in [0, 0.1) is 0 Å². The minimum Gasteiger partial charge on any atom is -0.462 e. The zero-order valence-corrected chi connectivity index (χ0v) is 42.7. The number of unbranched alkanes of at least 4 members (excludes halogenated alkanes) is 26. The van der Waals surface area contributed by atoms with Crippen LogP contribution < -0.4 is 0 Å². The molecule has 1 unspecified atom stereocenters. The molecule has 0 bridgehead atoms. The molecule has 6 heteroatoms. The van der Waals surface area contributed by atoms with E-state index >= 15 is 0 Å². The molecule has 0 saturated carbocycles. The Morgan fingerprint density at radius 2 is 0.600 bits per heavy atom. The fourth-order valence-corrected chi connectivity index (χ4v) is 7.58. The number of esters is 3. The van der Waals surface area contributed by atoms with Crippen LogP contribution in [0.1, 0.15) is 265 Å². The second-order valence-corrected chi connectivity index (χ2v) is 18.1.